The van der Waals surface area contributed by atoms with E-state index in [1.807, 2.05) is 19.1 Å². The van der Waals surface area contributed by atoms with Crippen molar-refractivity contribution in [2.45, 2.75) is 19.8 Å². The normalized spacial score (nSPS) is 13.5. The van der Waals surface area contributed by atoms with Crippen LogP contribution in [0.25, 0.3) is 16.5 Å². The third kappa shape index (κ3) is 2.91. The Balaban J connectivity index is 1.85. The molecule has 0 radical (unpaired) electrons. The molecule has 0 aliphatic heterocycles. The summed E-state index contributed by atoms with van der Waals surface area (Å²) in [7, 11) is 0. The van der Waals surface area contributed by atoms with Gasteiger partial charge in [0.1, 0.15) is 0 Å². The van der Waals surface area contributed by atoms with Crippen molar-refractivity contribution in [3.05, 3.63) is 57.4 Å². The summed E-state index contributed by atoms with van der Waals surface area (Å²) in [5.41, 5.74) is 5.47. The van der Waals surface area contributed by atoms with Crippen LogP contribution in [0, 0.1) is 6.92 Å². The van der Waals surface area contributed by atoms with Crippen molar-refractivity contribution in [1.29, 1.82) is 0 Å². The molecule has 27 heavy (non-hydrogen) atoms. The lowest BCUT2D eigenvalue weighted by molar-refractivity contribution is 0.0943. The molecule has 0 atom stereocenters. The van der Waals surface area contributed by atoms with Gasteiger partial charge in [0, 0.05) is 33.7 Å². The van der Waals surface area contributed by atoms with Gasteiger partial charge < -0.3 is 25.5 Å². The standard InChI is InChI=1S/C20H20ClN3O3/c1-10-16(19(26)22-7-8-25)12-3-2-4-13(18(12)23-10)17-14-9-11(21)5-6-15(14)24-20(17)27/h4-6,9,23-25,27H,2-3,7-8H2,1H3,(H,22,26). The predicted molar refractivity (Wildman–Crippen MR) is 105 cm³/mol. The van der Waals surface area contributed by atoms with Gasteiger partial charge in [0.15, 0.2) is 5.88 Å². The zero-order valence-electron chi connectivity index (χ0n) is 14.8. The number of amides is 1. The van der Waals surface area contributed by atoms with Gasteiger partial charge in [-0.1, -0.05) is 17.7 Å². The Morgan fingerprint density at radius 2 is 2.15 bits per heavy atom. The number of halogens is 1. The Bertz CT molecular complexity index is 1080. The maximum atomic E-state index is 12.5. The lowest BCUT2D eigenvalue weighted by Gasteiger charge is -2.15. The van der Waals surface area contributed by atoms with Gasteiger partial charge in [-0.2, -0.15) is 0 Å². The molecule has 140 valence electrons. The van der Waals surface area contributed by atoms with E-state index in [9.17, 15) is 9.90 Å². The highest BCUT2D eigenvalue weighted by Gasteiger charge is 2.28. The Kier molecular flexibility index (Phi) is 4.45. The minimum Gasteiger partial charge on any atom is -0.494 e. The molecule has 1 aromatic carbocycles. The van der Waals surface area contributed by atoms with Crippen molar-refractivity contribution < 1.29 is 15.0 Å². The number of aromatic amines is 2. The summed E-state index contributed by atoms with van der Waals surface area (Å²) in [6.45, 7) is 1.96. The number of nitrogens with one attached hydrogen (secondary N) is 3. The number of aliphatic hydroxyl groups excluding tert-OH is 1. The number of fused-ring (bicyclic) bond motifs is 2. The minimum absolute atomic E-state index is 0.0740. The maximum absolute atomic E-state index is 12.5. The highest BCUT2D eigenvalue weighted by atomic mass is 35.5. The number of allylic oxidation sites excluding steroid dienone is 1. The van der Waals surface area contributed by atoms with Gasteiger partial charge in [0.2, 0.25) is 0 Å². The van der Waals surface area contributed by atoms with Crippen LogP contribution < -0.4 is 5.32 Å². The number of carbonyl (C=O) groups excluding carboxylic acids is 1. The summed E-state index contributed by atoms with van der Waals surface area (Å²) in [5.74, 6) is -0.128. The van der Waals surface area contributed by atoms with Crippen molar-refractivity contribution in [3.63, 3.8) is 0 Å². The molecule has 0 saturated heterocycles. The van der Waals surface area contributed by atoms with Gasteiger partial charge in [-0.3, -0.25) is 4.79 Å². The van der Waals surface area contributed by atoms with Gasteiger partial charge in [-0.25, -0.2) is 0 Å². The zero-order valence-corrected chi connectivity index (χ0v) is 15.6. The van der Waals surface area contributed by atoms with Gasteiger partial charge in [0.05, 0.1) is 23.4 Å². The number of rotatable bonds is 4. The van der Waals surface area contributed by atoms with Crippen LogP contribution in [0.1, 0.15) is 39.3 Å². The lowest BCUT2D eigenvalue weighted by Crippen LogP contribution is -2.27. The molecular weight excluding hydrogens is 366 g/mol. The smallest absolute Gasteiger partial charge is 0.253 e. The van der Waals surface area contributed by atoms with Crippen LogP contribution in [0.2, 0.25) is 5.02 Å². The van der Waals surface area contributed by atoms with Crippen molar-refractivity contribution in [2.24, 2.45) is 0 Å². The number of hydrogen-bond acceptors (Lipinski definition) is 3. The first kappa shape index (κ1) is 17.7. The third-order valence-corrected chi connectivity index (χ3v) is 5.17. The molecule has 5 N–H and O–H groups in total. The van der Waals surface area contributed by atoms with E-state index in [-0.39, 0.29) is 24.9 Å². The minimum atomic E-state index is -0.202. The molecule has 0 unspecified atom stereocenters. The number of benzene rings is 1. The molecule has 0 bridgehead atoms. The Morgan fingerprint density at radius 1 is 1.33 bits per heavy atom. The fourth-order valence-electron chi connectivity index (χ4n) is 3.83. The molecule has 0 fully saturated rings. The topological polar surface area (TPSA) is 101 Å². The quantitative estimate of drug-likeness (QED) is 0.476. The number of aryl methyl sites for hydroxylation is 1. The molecule has 3 aromatic rings. The predicted octanol–water partition coefficient (Wildman–Crippen LogP) is 3.26. The van der Waals surface area contributed by atoms with Crippen molar-refractivity contribution in [3.8, 4) is 5.88 Å². The molecule has 1 aliphatic carbocycles. The molecule has 4 rings (SSSR count). The monoisotopic (exact) mass is 385 g/mol. The van der Waals surface area contributed by atoms with E-state index in [1.54, 1.807) is 6.07 Å². The molecule has 0 saturated carbocycles. The average molecular weight is 386 g/mol. The van der Waals surface area contributed by atoms with Crippen LogP contribution in [0.15, 0.2) is 24.3 Å². The number of aromatic nitrogens is 2. The molecular formula is C20H20ClN3O3. The van der Waals surface area contributed by atoms with E-state index in [4.69, 9.17) is 16.7 Å². The largest absolute Gasteiger partial charge is 0.494 e. The average Bonchev–Trinajstić information content (AvgIpc) is 3.14. The van der Waals surface area contributed by atoms with Gasteiger partial charge in [-0.05, 0) is 43.5 Å². The van der Waals surface area contributed by atoms with Crippen LogP contribution in [0.5, 0.6) is 5.88 Å². The molecule has 2 heterocycles. The van der Waals surface area contributed by atoms with Gasteiger partial charge in [0.25, 0.3) is 5.91 Å². The summed E-state index contributed by atoms with van der Waals surface area (Å²) in [6, 6.07) is 5.42. The van der Waals surface area contributed by atoms with Gasteiger partial charge >= 0.3 is 0 Å². The molecule has 6 nitrogen and oxygen atoms in total. The molecule has 2 aromatic heterocycles. The first-order chi connectivity index (χ1) is 13.0. The highest BCUT2D eigenvalue weighted by molar-refractivity contribution is 6.31. The third-order valence-electron chi connectivity index (χ3n) is 4.94. The SMILES string of the molecule is Cc1[nH]c2c(c1C(=O)NCCO)CCC=C2c1c(O)[nH]c2ccc(Cl)cc12. The number of hydrogen-bond donors (Lipinski definition) is 5. The molecule has 0 spiro atoms. The maximum Gasteiger partial charge on any atom is 0.253 e. The Labute approximate surface area is 160 Å². The van der Waals surface area contributed by atoms with Crippen LogP contribution in [-0.2, 0) is 6.42 Å². The highest BCUT2D eigenvalue weighted by Crippen LogP contribution is 2.41. The van der Waals surface area contributed by atoms with Crippen LogP contribution >= 0.6 is 11.6 Å². The van der Waals surface area contributed by atoms with Gasteiger partial charge in [-0.15, -0.1) is 0 Å². The lowest BCUT2D eigenvalue weighted by atomic mass is 9.89. The van der Waals surface area contributed by atoms with Crippen molar-refractivity contribution in [2.75, 3.05) is 13.2 Å². The number of carbonyl (C=O) groups is 1. The van der Waals surface area contributed by atoms with E-state index in [1.165, 1.54) is 0 Å². The van der Waals surface area contributed by atoms with E-state index in [2.05, 4.69) is 21.4 Å². The summed E-state index contributed by atoms with van der Waals surface area (Å²) in [6.07, 6.45) is 3.55. The molecule has 7 heteroatoms. The summed E-state index contributed by atoms with van der Waals surface area (Å²) >= 11 is 6.16. The summed E-state index contributed by atoms with van der Waals surface area (Å²) in [4.78, 5) is 18.8. The Morgan fingerprint density at radius 3 is 2.93 bits per heavy atom. The van der Waals surface area contributed by atoms with Crippen LogP contribution in [0.4, 0.5) is 0 Å². The molecule has 1 aliphatic rings. The van der Waals surface area contributed by atoms with E-state index >= 15 is 0 Å². The fraction of sp³-hybridized carbons (Fsp3) is 0.250. The van der Waals surface area contributed by atoms with Crippen molar-refractivity contribution >= 4 is 34.0 Å². The van der Waals surface area contributed by atoms with E-state index in [0.29, 0.717) is 16.1 Å². The second kappa shape index (κ2) is 6.79. The van der Waals surface area contributed by atoms with E-state index in [0.717, 1.165) is 46.3 Å². The second-order valence-corrected chi connectivity index (χ2v) is 7.09. The van der Waals surface area contributed by atoms with Crippen LogP contribution in [-0.4, -0.2) is 39.2 Å². The first-order valence-corrected chi connectivity index (χ1v) is 9.20. The first-order valence-electron chi connectivity index (χ1n) is 8.83. The second-order valence-electron chi connectivity index (χ2n) is 6.65. The summed E-state index contributed by atoms with van der Waals surface area (Å²) < 4.78 is 0. The van der Waals surface area contributed by atoms with Crippen LogP contribution in [0.3, 0.4) is 0 Å². The number of aliphatic hydroxyl groups is 1. The summed E-state index contributed by atoms with van der Waals surface area (Å²) in [5, 5.41) is 23.7. The Hall–Kier alpha value is -2.70. The number of H-pyrrole nitrogens is 2. The molecule has 1 amide bonds. The van der Waals surface area contributed by atoms with E-state index < -0.39 is 0 Å². The zero-order chi connectivity index (χ0) is 19.1. The van der Waals surface area contributed by atoms with Crippen molar-refractivity contribution in [1.82, 2.24) is 15.3 Å². The fourth-order valence-corrected chi connectivity index (χ4v) is 4.01. The number of aromatic hydroxyl groups is 1.